The van der Waals surface area contributed by atoms with Crippen molar-refractivity contribution in [3.8, 4) is 5.75 Å². The number of nitrogens with two attached hydrogens (primary N) is 1. The van der Waals surface area contributed by atoms with Gasteiger partial charge in [-0.2, -0.15) is 0 Å². The Labute approximate surface area is 95.8 Å². The van der Waals surface area contributed by atoms with Gasteiger partial charge < -0.3 is 14.5 Å². The fourth-order valence-electron chi connectivity index (χ4n) is 0.780. The molecular weight excluding hydrogens is 250 g/mol. The third-order valence-electron chi connectivity index (χ3n) is 1.43. The zero-order chi connectivity index (χ0) is 12.9. The van der Waals surface area contributed by atoms with Crippen LogP contribution in [-0.2, 0) is 10.0 Å². The summed E-state index contributed by atoms with van der Waals surface area (Å²) in [4.78, 5) is 15.9. The number of aromatic nitrogens is 2. The second-order valence-corrected chi connectivity index (χ2v) is 4.22. The Morgan fingerprint density at radius 1 is 1.47 bits per heavy atom. The normalized spacial score (nSPS) is 10.4. The first kappa shape index (κ1) is 12.9. The third-order valence-corrected chi connectivity index (χ3v) is 2.19. The van der Waals surface area contributed by atoms with Gasteiger partial charge in [-0.3, -0.25) is 0 Å². The van der Waals surface area contributed by atoms with Gasteiger partial charge in [0.2, 0.25) is 5.16 Å². The average Bonchev–Trinajstić information content (AvgIpc) is 2.69. The van der Waals surface area contributed by atoms with Crippen LogP contribution in [0.15, 0.2) is 45.2 Å². The van der Waals surface area contributed by atoms with Crippen LogP contribution >= 0.6 is 0 Å². The lowest BCUT2D eigenvalue weighted by Crippen LogP contribution is -2.13. The van der Waals surface area contributed by atoms with Crippen molar-refractivity contribution in [3.63, 3.8) is 0 Å². The predicted octanol–water partition coefficient (Wildman–Crippen LogP) is -0.598. The standard InChI is InChI=1S/C5H4O3.C3H5N3O2S/c6-4-1-2-8-5(7)3-4;4-9(7,8)3-5-1-2-6-3/h1-3,6H;1-2H,(H,5,6)(H2,4,7,8). The summed E-state index contributed by atoms with van der Waals surface area (Å²) in [5.41, 5.74) is -0.537. The van der Waals surface area contributed by atoms with E-state index in [1.807, 2.05) is 0 Å². The molecule has 0 atom stereocenters. The van der Waals surface area contributed by atoms with Crippen LogP contribution in [0, 0.1) is 0 Å². The smallest absolute Gasteiger partial charge is 0.339 e. The van der Waals surface area contributed by atoms with E-state index in [-0.39, 0.29) is 10.9 Å². The Balaban J connectivity index is 0.000000171. The number of imidazole rings is 1. The second kappa shape index (κ2) is 5.27. The molecule has 0 aliphatic carbocycles. The molecule has 0 bridgehead atoms. The largest absolute Gasteiger partial charge is 0.508 e. The summed E-state index contributed by atoms with van der Waals surface area (Å²) in [5.74, 6) is -0.0683. The Kier molecular flexibility index (Phi) is 4.01. The molecule has 0 saturated carbocycles. The maximum absolute atomic E-state index is 10.4. The molecule has 0 spiro atoms. The first-order chi connectivity index (χ1) is 7.89. The monoisotopic (exact) mass is 259 g/mol. The number of primary sulfonamides is 1. The molecule has 2 rings (SSSR count). The molecule has 2 aromatic heterocycles. The number of hydrogen-bond acceptors (Lipinski definition) is 6. The molecule has 92 valence electrons. The zero-order valence-electron chi connectivity index (χ0n) is 8.40. The molecular formula is C8H9N3O5S. The maximum Gasteiger partial charge on any atom is 0.339 e. The molecule has 8 nitrogen and oxygen atoms in total. The topological polar surface area (TPSA) is 139 Å². The predicted molar refractivity (Wildman–Crippen MR) is 56.6 cm³/mol. The maximum atomic E-state index is 10.4. The summed E-state index contributed by atoms with van der Waals surface area (Å²) < 4.78 is 25.0. The molecule has 0 saturated heterocycles. The minimum atomic E-state index is -3.63. The molecule has 0 unspecified atom stereocenters. The number of aromatic amines is 1. The Morgan fingerprint density at radius 3 is 2.47 bits per heavy atom. The fraction of sp³-hybridized carbons (Fsp3) is 0. The van der Waals surface area contributed by atoms with Crippen molar-refractivity contribution in [1.29, 1.82) is 0 Å². The van der Waals surface area contributed by atoms with E-state index in [0.717, 1.165) is 12.3 Å². The molecule has 0 aliphatic heterocycles. The first-order valence-electron chi connectivity index (χ1n) is 4.19. The molecule has 2 aromatic rings. The fourth-order valence-corrected chi connectivity index (χ4v) is 1.22. The summed E-state index contributed by atoms with van der Waals surface area (Å²) in [7, 11) is -3.63. The van der Waals surface area contributed by atoms with Gasteiger partial charge in [-0.15, -0.1) is 0 Å². The van der Waals surface area contributed by atoms with Crippen LogP contribution in [0.3, 0.4) is 0 Å². The number of hydrogen-bond donors (Lipinski definition) is 3. The third kappa shape index (κ3) is 4.49. The highest BCUT2D eigenvalue weighted by atomic mass is 32.2. The van der Waals surface area contributed by atoms with E-state index in [2.05, 4.69) is 19.5 Å². The van der Waals surface area contributed by atoms with Crippen LogP contribution in [0.5, 0.6) is 5.75 Å². The van der Waals surface area contributed by atoms with Gasteiger partial charge in [0.1, 0.15) is 5.75 Å². The zero-order valence-corrected chi connectivity index (χ0v) is 9.22. The number of sulfonamides is 1. The van der Waals surface area contributed by atoms with E-state index in [1.165, 1.54) is 18.5 Å². The molecule has 0 fully saturated rings. The second-order valence-electron chi connectivity index (χ2n) is 2.75. The molecule has 9 heteroatoms. The van der Waals surface area contributed by atoms with Gasteiger partial charge in [0, 0.05) is 18.5 Å². The van der Waals surface area contributed by atoms with Crippen molar-refractivity contribution in [2.24, 2.45) is 5.14 Å². The number of nitrogens with zero attached hydrogens (tertiary/aromatic N) is 1. The van der Waals surface area contributed by atoms with E-state index >= 15 is 0 Å². The van der Waals surface area contributed by atoms with Gasteiger partial charge in [0.05, 0.1) is 12.3 Å². The summed E-state index contributed by atoms with van der Waals surface area (Å²) >= 11 is 0. The van der Waals surface area contributed by atoms with Crippen LogP contribution < -0.4 is 10.8 Å². The highest BCUT2D eigenvalue weighted by Gasteiger charge is 2.07. The van der Waals surface area contributed by atoms with E-state index in [0.29, 0.717) is 0 Å². The van der Waals surface area contributed by atoms with Crippen LogP contribution in [0.1, 0.15) is 0 Å². The molecule has 0 aromatic carbocycles. The van der Waals surface area contributed by atoms with Crippen molar-refractivity contribution in [2.75, 3.05) is 0 Å². The quantitative estimate of drug-likeness (QED) is 0.625. The summed E-state index contributed by atoms with van der Waals surface area (Å²) in [6, 6.07) is 2.29. The SMILES string of the molecule is NS(=O)(=O)c1ncc[nH]1.O=c1cc(O)cco1. The molecule has 2 heterocycles. The number of aromatic hydroxyl groups is 1. The summed E-state index contributed by atoms with van der Waals surface area (Å²) in [6.45, 7) is 0. The summed E-state index contributed by atoms with van der Waals surface area (Å²) in [5, 5.41) is 13.0. The van der Waals surface area contributed by atoms with Gasteiger partial charge in [-0.05, 0) is 0 Å². The van der Waals surface area contributed by atoms with E-state index < -0.39 is 15.6 Å². The van der Waals surface area contributed by atoms with Crippen molar-refractivity contribution in [3.05, 3.63) is 41.2 Å². The van der Waals surface area contributed by atoms with E-state index in [9.17, 15) is 13.2 Å². The number of nitrogens with one attached hydrogen (secondary N) is 1. The number of rotatable bonds is 1. The van der Waals surface area contributed by atoms with Crippen LogP contribution in [0.2, 0.25) is 0 Å². The van der Waals surface area contributed by atoms with Crippen molar-refractivity contribution in [2.45, 2.75) is 5.16 Å². The average molecular weight is 259 g/mol. The lowest BCUT2D eigenvalue weighted by Gasteiger charge is -1.86. The minimum Gasteiger partial charge on any atom is -0.508 e. The van der Waals surface area contributed by atoms with Gasteiger partial charge in [-0.1, -0.05) is 0 Å². The lowest BCUT2D eigenvalue weighted by atomic mass is 10.5. The van der Waals surface area contributed by atoms with E-state index in [1.54, 1.807) is 0 Å². The van der Waals surface area contributed by atoms with Gasteiger partial charge in [-0.25, -0.2) is 23.3 Å². The van der Waals surface area contributed by atoms with Crippen LogP contribution in [-0.4, -0.2) is 23.5 Å². The molecule has 0 amide bonds. The lowest BCUT2D eigenvalue weighted by molar-refractivity contribution is 0.447. The molecule has 17 heavy (non-hydrogen) atoms. The molecule has 4 N–H and O–H groups in total. The van der Waals surface area contributed by atoms with Crippen molar-refractivity contribution < 1.29 is 17.9 Å². The Hall–Kier alpha value is -2.13. The van der Waals surface area contributed by atoms with Crippen molar-refractivity contribution >= 4 is 10.0 Å². The number of H-pyrrole nitrogens is 1. The van der Waals surface area contributed by atoms with Crippen LogP contribution in [0.4, 0.5) is 0 Å². The highest BCUT2D eigenvalue weighted by Crippen LogP contribution is 1.98. The minimum absolute atomic E-state index is 0.0683. The van der Waals surface area contributed by atoms with Crippen LogP contribution in [0.25, 0.3) is 0 Å². The van der Waals surface area contributed by atoms with Gasteiger partial charge in [0.15, 0.2) is 0 Å². The summed E-state index contributed by atoms with van der Waals surface area (Å²) in [6.07, 6.45) is 3.84. The highest BCUT2D eigenvalue weighted by molar-refractivity contribution is 7.89. The van der Waals surface area contributed by atoms with Crippen molar-refractivity contribution in [1.82, 2.24) is 9.97 Å². The molecule has 0 aliphatic rings. The van der Waals surface area contributed by atoms with Gasteiger partial charge >= 0.3 is 5.63 Å². The Morgan fingerprint density at radius 2 is 2.18 bits per heavy atom. The van der Waals surface area contributed by atoms with Gasteiger partial charge in [0.25, 0.3) is 10.0 Å². The first-order valence-corrected chi connectivity index (χ1v) is 5.74. The Bertz CT molecular complexity index is 617. The van der Waals surface area contributed by atoms with E-state index in [4.69, 9.17) is 5.11 Å². The molecule has 0 radical (unpaired) electrons.